The van der Waals surface area contributed by atoms with Crippen LogP contribution in [0.1, 0.15) is 6.92 Å². The highest BCUT2D eigenvalue weighted by molar-refractivity contribution is 5.96. The van der Waals surface area contributed by atoms with E-state index in [1.165, 1.54) is 24.3 Å². The summed E-state index contributed by atoms with van der Waals surface area (Å²) in [6.45, 7) is 0.427. The Morgan fingerprint density at radius 1 is 1.26 bits per heavy atom. The maximum absolute atomic E-state index is 14.0. The van der Waals surface area contributed by atoms with Gasteiger partial charge in [-0.3, -0.25) is 4.79 Å². The van der Waals surface area contributed by atoms with Crippen LogP contribution < -0.4 is 5.32 Å². The van der Waals surface area contributed by atoms with Gasteiger partial charge in [0.15, 0.2) is 0 Å². The normalized spacial score (nSPS) is 13.2. The van der Waals surface area contributed by atoms with Crippen LogP contribution >= 0.6 is 0 Å². The van der Waals surface area contributed by atoms with Crippen molar-refractivity contribution in [2.45, 2.75) is 12.7 Å². The second-order valence-electron chi connectivity index (χ2n) is 3.54. The Kier molecular flexibility index (Phi) is 3.94. The van der Waals surface area contributed by atoms with Gasteiger partial charge in [0.05, 0.1) is 0 Å². The predicted octanol–water partition coefficient (Wildman–Crippen LogP) is 0.996. The van der Waals surface area contributed by atoms with Crippen LogP contribution in [0.15, 0.2) is 30.3 Å². The standard InChI is InChI=1S/C9H9FN4O5/c1-9(10,12(13(16)17)14(18)19)8(15)11-7-5-3-2-4-6-7/h2-6H,1H3,(H,11,15)/t9-/m0/s1. The zero-order valence-corrected chi connectivity index (χ0v) is 9.65. The number of rotatable bonds is 5. The molecule has 0 bridgehead atoms. The van der Waals surface area contributed by atoms with E-state index in [0.29, 0.717) is 6.92 Å². The minimum Gasteiger partial charge on any atom is -0.321 e. The third-order valence-corrected chi connectivity index (χ3v) is 2.13. The average molecular weight is 272 g/mol. The van der Waals surface area contributed by atoms with Gasteiger partial charge in [-0.25, -0.2) is 20.2 Å². The Bertz CT molecular complexity index is 493. The molecule has 0 heterocycles. The molecule has 0 saturated carbocycles. The smallest absolute Gasteiger partial charge is 0.321 e. The van der Waals surface area contributed by atoms with Gasteiger partial charge >= 0.3 is 5.79 Å². The number of hydrogen-bond donors (Lipinski definition) is 1. The first-order chi connectivity index (χ1) is 8.76. The summed E-state index contributed by atoms with van der Waals surface area (Å²) in [5.74, 6) is -4.96. The van der Waals surface area contributed by atoms with Gasteiger partial charge in [-0.2, -0.15) is 4.39 Å². The van der Waals surface area contributed by atoms with E-state index in [1.807, 2.05) is 5.32 Å². The van der Waals surface area contributed by atoms with Crippen molar-refractivity contribution in [1.29, 1.82) is 0 Å². The topological polar surface area (TPSA) is 119 Å². The Morgan fingerprint density at radius 2 is 1.74 bits per heavy atom. The van der Waals surface area contributed by atoms with E-state index in [-0.39, 0.29) is 5.69 Å². The molecule has 19 heavy (non-hydrogen) atoms. The molecule has 1 aromatic carbocycles. The first-order valence-electron chi connectivity index (χ1n) is 4.91. The molecular weight excluding hydrogens is 263 g/mol. The van der Waals surface area contributed by atoms with Crippen LogP contribution in [0.25, 0.3) is 0 Å². The molecule has 0 unspecified atom stereocenters. The number of nitrogens with one attached hydrogen (secondary N) is 1. The Hall–Kier alpha value is -2.78. The Labute approximate surface area is 105 Å². The lowest BCUT2D eigenvalue weighted by Gasteiger charge is -2.18. The number of carbonyl (C=O) groups is 1. The third kappa shape index (κ3) is 3.12. The number of benzene rings is 1. The van der Waals surface area contributed by atoms with Crippen molar-refractivity contribution in [3.8, 4) is 0 Å². The minimum atomic E-state index is -3.44. The van der Waals surface area contributed by atoms with Crippen molar-refractivity contribution in [2.75, 3.05) is 5.32 Å². The first kappa shape index (κ1) is 14.3. The van der Waals surface area contributed by atoms with E-state index in [4.69, 9.17) is 0 Å². The number of hydrazine groups is 2. The first-order valence-corrected chi connectivity index (χ1v) is 4.91. The lowest BCUT2D eigenvalue weighted by Crippen LogP contribution is -2.56. The molecule has 0 saturated heterocycles. The quantitative estimate of drug-likeness (QED) is 0.485. The highest BCUT2D eigenvalue weighted by atomic mass is 19.1. The summed E-state index contributed by atoms with van der Waals surface area (Å²) in [4.78, 5) is 32.4. The Morgan fingerprint density at radius 3 is 2.16 bits per heavy atom. The highest BCUT2D eigenvalue weighted by Crippen LogP contribution is 2.20. The van der Waals surface area contributed by atoms with Crippen LogP contribution in [-0.4, -0.2) is 26.9 Å². The van der Waals surface area contributed by atoms with E-state index in [1.54, 1.807) is 6.07 Å². The van der Waals surface area contributed by atoms with Crippen molar-refractivity contribution in [3.63, 3.8) is 0 Å². The van der Waals surface area contributed by atoms with Gasteiger partial charge in [0.25, 0.3) is 5.91 Å². The number of alkyl halides is 1. The number of carbonyl (C=O) groups excluding carboxylic acids is 1. The van der Waals surface area contributed by atoms with E-state index in [9.17, 15) is 29.4 Å². The minimum absolute atomic E-state index is 0.156. The molecule has 1 atom stereocenters. The number of anilines is 1. The highest BCUT2D eigenvalue weighted by Gasteiger charge is 2.56. The van der Waals surface area contributed by atoms with E-state index in [0.717, 1.165) is 0 Å². The molecule has 0 aliphatic heterocycles. The van der Waals surface area contributed by atoms with Gasteiger partial charge in [-0.1, -0.05) is 18.2 Å². The van der Waals surface area contributed by atoms with Crippen molar-refractivity contribution in [3.05, 3.63) is 50.6 Å². The maximum atomic E-state index is 14.0. The number of hydrogen-bond acceptors (Lipinski definition) is 5. The van der Waals surface area contributed by atoms with Crippen molar-refractivity contribution >= 4 is 11.6 Å². The zero-order chi connectivity index (χ0) is 14.6. The van der Waals surface area contributed by atoms with Gasteiger partial charge in [0.2, 0.25) is 15.2 Å². The van der Waals surface area contributed by atoms with Crippen LogP contribution in [-0.2, 0) is 4.79 Å². The molecule has 0 aliphatic rings. The summed E-state index contributed by atoms with van der Waals surface area (Å²) in [5.41, 5.74) is 0.156. The second-order valence-corrected chi connectivity index (χ2v) is 3.54. The zero-order valence-electron chi connectivity index (χ0n) is 9.65. The SMILES string of the molecule is C[C@@](F)(C(=O)Nc1ccccc1)N([N+](=O)[O-])[N+](=O)[O-]. The number of halogens is 1. The number of nitrogens with zero attached hydrogens (tertiary/aromatic N) is 3. The van der Waals surface area contributed by atoms with Crippen LogP contribution in [0.3, 0.4) is 0 Å². The maximum Gasteiger partial charge on any atom is 0.380 e. The molecule has 1 amide bonds. The summed E-state index contributed by atoms with van der Waals surface area (Å²) in [6.07, 6.45) is 0. The fourth-order valence-corrected chi connectivity index (χ4v) is 1.22. The lowest BCUT2D eigenvalue weighted by molar-refractivity contribution is -0.925. The van der Waals surface area contributed by atoms with Crippen LogP contribution in [0.5, 0.6) is 0 Å². The molecule has 102 valence electrons. The van der Waals surface area contributed by atoms with Gasteiger partial charge in [0.1, 0.15) is 0 Å². The molecule has 0 fully saturated rings. The van der Waals surface area contributed by atoms with E-state index >= 15 is 0 Å². The summed E-state index contributed by atoms with van der Waals surface area (Å²) in [6, 6.07) is 7.49. The molecule has 0 radical (unpaired) electrons. The van der Waals surface area contributed by atoms with E-state index < -0.39 is 26.9 Å². The molecule has 1 aromatic rings. The van der Waals surface area contributed by atoms with Crippen LogP contribution in [0, 0.1) is 20.2 Å². The molecule has 1 rings (SSSR count). The predicted molar refractivity (Wildman–Crippen MR) is 60.4 cm³/mol. The second kappa shape index (κ2) is 5.25. The molecule has 9 nitrogen and oxygen atoms in total. The van der Waals surface area contributed by atoms with Gasteiger partial charge in [-0.15, -0.1) is 0 Å². The molecular formula is C9H9FN4O5. The van der Waals surface area contributed by atoms with Crippen molar-refractivity contribution in [2.24, 2.45) is 0 Å². The largest absolute Gasteiger partial charge is 0.380 e. The summed E-state index contributed by atoms with van der Waals surface area (Å²) < 4.78 is 14.0. The van der Waals surface area contributed by atoms with Gasteiger partial charge < -0.3 is 5.32 Å². The van der Waals surface area contributed by atoms with Crippen LogP contribution in [0.2, 0.25) is 0 Å². The molecule has 10 heteroatoms. The lowest BCUT2D eigenvalue weighted by atomic mass is 10.2. The summed E-state index contributed by atoms with van der Waals surface area (Å²) in [7, 11) is 0. The summed E-state index contributed by atoms with van der Waals surface area (Å²) >= 11 is 0. The molecule has 1 N–H and O–H groups in total. The molecule has 0 aromatic heterocycles. The molecule has 0 spiro atoms. The van der Waals surface area contributed by atoms with Crippen LogP contribution in [0.4, 0.5) is 10.1 Å². The van der Waals surface area contributed by atoms with Crippen molar-refractivity contribution in [1.82, 2.24) is 5.12 Å². The fourth-order valence-electron chi connectivity index (χ4n) is 1.22. The summed E-state index contributed by atoms with van der Waals surface area (Å²) in [5, 5.41) is 18.6. The van der Waals surface area contributed by atoms with Crippen molar-refractivity contribution < 1.29 is 19.2 Å². The third-order valence-electron chi connectivity index (χ3n) is 2.13. The average Bonchev–Trinajstić information content (AvgIpc) is 2.28. The molecule has 0 aliphatic carbocycles. The van der Waals surface area contributed by atoms with Gasteiger partial charge in [-0.05, 0) is 12.1 Å². The number of nitro groups is 2. The number of amides is 1. The Balaban J connectivity index is 2.95. The van der Waals surface area contributed by atoms with Gasteiger partial charge in [0, 0.05) is 12.6 Å². The fraction of sp³-hybridized carbons (Fsp3) is 0.222. The number of para-hydroxylation sites is 1. The van der Waals surface area contributed by atoms with E-state index in [2.05, 4.69) is 0 Å². The monoisotopic (exact) mass is 272 g/mol.